The summed E-state index contributed by atoms with van der Waals surface area (Å²) in [5.74, 6) is 0.280. The second-order valence-corrected chi connectivity index (χ2v) is 11.8. The molecule has 1 aliphatic rings. The third kappa shape index (κ3) is 3.79. The third-order valence-corrected chi connectivity index (χ3v) is 8.99. The number of ether oxygens (including phenoxy) is 2. The van der Waals surface area contributed by atoms with E-state index in [1.165, 1.54) is 0 Å². The van der Waals surface area contributed by atoms with E-state index in [4.69, 9.17) is 13.9 Å². The molecule has 5 heteroatoms. The van der Waals surface area contributed by atoms with Crippen molar-refractivity contribution in [3.05, 3.63) is 0 Å². The Labute approximate surface area is 118 Å². The Morgan fingerprint density at radius 2 is 1.84 bits per heavy atom. The van der Waals surface area contributed by atoms with E-state index in [2.05, 4.69) is 40.8 Å². The molecule has 0 aromatic heterocycles. The highest BCUT2D eigenvalue weighted by molar-refractivity contribution is 6.74. The molecule has 1 heterocycles. The zero-order valence-corrected chi connectivity index (χ0v) is 14.4. The Kier molecular flexibility index (Phi) is 5.60. The maximum Gasteiger partial charge on any atom is 0.192 e. The molecule has 0 aromatic carbocycles. The van der Waals surface area contributed by atoms with Crippen LogP contribution in [0.5, 0.6) is 0 Å². The zero-order chi connectivity index (χ0) is 14.8. The summed E-state index contributed by atoms with van der Waals surface area (Å²) in [4.78, 5) is 0. The van der Waals surface area contributed by atoms with Crippen LogP contribution in [0.2, 0.25) is 18.1 Å². The van der Waals surface area contributed by atoms with Crippen molar-refractivity contribution in [2.24, 2.45) is 5.92 Å². The number of hydrogen-bond acceptors (Lipinski definition) is 4. The van der Waals surface area contributed by atoms with E-state index in [1.807, 2.05) is 0 Å². The summed E-state index contributed by atoms with van der Waals surface area (Å²) in [7, 11) is -0.198. The van der Waals surface area contributed by atoms with Gasteiger partial charge < -0.3 is 19.0 Å². The van der Waals surface area contributed by atoms with Gasteiger partial charge in [-0.25, -0.2) is 0 Å². The Hall–Kier alpha value is 0.0569. The third-order valence-electron chi connectivity index (χ3n) is 4.51. The molecule has 19 heavy (non-hydrogen) atoms. The molecule has 0 bridgehead atoms. The quantitative estimate of drug-likeness (QED) is 0.808. The molecule has 0 unspecified atom stereocenters. The van der Waals surface area contributed by atoms with E-state index in [-0.39, 0.29) is 35.9 Å². The van der Waals surface area contributed by atoms with Crippen LogP contribution in [0, 0.1) is 5.92 Å². The Bertz CT molecular complexity index is 288. The van der Waals surface area contributed by atoms with Crippen LogP contribution in [0.3, 0.4) is 0 Å². The molecule has 4 nitrogen and oxygen atoms in total. The molecule has 0 radical (unpaired) electrons. The highest BCUT2D eigenvalue weighted by Gasteiger charge is 2.46. The first-order valence-corrected chi connectivity index (χ1v) is 9.98. The topological polar surface area (TPSA) is 47.9 Å². The fourth-order valence-corrected chi connectivity index (χ4v) is 3.50. The van der Waals surface area contributed by atoms with E-state index in [9.17, 15) is 5.11 Å². The molecule has 1 aliphatic heterocycles. The lowest BCUT2D eigenvalue weighted by Crippen LogP contribution is -2.58. The standard InChI is InChI=1S/C14H30O4Si/c1-10-9-17-11(8-15)13(12(10)16-5)18-19(6,7)14(2,3)4/h10-13,15H,8-9H2,1-7H3/t10-,11-,12-,13+/m0/s1. The fourth-order valence-electron chi connectivity index (χ4n) is 2.18. The van der Waals surface area contributed by atoms with E-state index < -0.39 is 8.32 Å². The molecular weight excluding hydrogens is 260 g/mol. The van der Waals surface area contributed by atoms with Crippen LogP contribution in [-0.2, 0) is 13.9 Å². The van der Waals surface area contributed by atoms with Crippen LogP contribution >= 0.6 is 0 Å². The van der Waals surface area contributed by atoms with Gasteiger partial charge in [-0.1, -0.05) is 27.7 Å². The average molecular weight is 290 g/mol. The van der Waals surface area contributed by atoms with E-state index in [0.29, 0.717) is 6.61 Å². The minimum absolute atomic E-state index is 0.0139. The molecule has 1 N–H and O–H groups in total. The van der Waals surface area contributed by atoms with Gasteiger partial charge in [0.05, 0.1) is 25.4 Å². The molecule has 0 spiro atoms. The first-order valence-electron chi connectivity index (χ1n) is 7.07. The monoisotopic (exact) mass is 290 g/mol. The Morgan fingerprint density at radius 3 is 2.26 bits per heavy atom. The summed E-state index contributed by atoms with van der Waals surface area (Å²) in [6.45, 7) is 13.8. The normalized spacial score (nSPS) is 33.5. The Balaban J connectivity index is 2.91. The molecule has 0 aromatic rings. The van der Waals surface area contributed by atoms with Gasteiger partial charge in [-0.15, -0.1) is 0 Å². The summed E-state index contributed by atoms with van der Waals surface area (Å²) in [5, 5.41) is 9.65. The number of methoxy groups -OCH3 is 1. The lowest BCUT2D eigenvalue weighted by Gasteiger charge is -2.46. The smallest absolute Gasteiger partial charge is 0.192 e. The largest absolute Gasteiger partial charge is 0.409 e. The van der Waals surface area contributed by atoms with Crippen molar-refractivity contribution in [1.82, 2.24) is 0 Å². The second-order valence-electron chi connectivity index (χ2n) is 7.07. The van der Waals surface area contributed by atoms with Crippen molar-refractivity contribution < 1.29 is 19.0 Å². The van der Waals surface area contributed by atoms with Gasteiger partial charge in [-0.3, -0.25) is 0 Å². The second kappa shape index (κ2) is 6.22. The first-order chi connectivity index (χ1) is 8.64. The molecule has 4 atom stereocenters. The van der Waals surface area contributed by atoms with Gasteiger partial charge in [0.1, 0.15) is 6.10 Å². The molecule has 1 fully saturated rings. The van der Waals surface area contributed by atoms with Gasteiger partial charge in [-0.05, 0) is 18.1 Å². The van der Waals surface area contributed by atoms with E-state index >= 15 is 0 Å². The molecule has 114 valence electrons. The van der Waals surface area contributed by atoms with Gasteiger partial charge in [0.15, 0.2) is 8.32 Å². The summed E-state index contributed by atoms with van der Waals surface area (Å²) < 4.78 is 17.8. The number of aliphatic hydroxyl groups is 1. The lowest BCUT2D eigenvalue weighted by atomic mass is 9.94. The predicted octanol–water partition coefficient (Wildman–Crippen LogP) is 2.42. The highest BCUT2D eigenvalue weighted by Crippen LogP contribution is 2.39. The van der Waals surface area contributed by atoms with Crippen molar-refractivity contribution >= 4 is 8.32 Å². The molecule has 0 amide bonds. The molecule has 0 aliphatic carbocycles. The summed E-state index contributed by atoms with van der Waals surface area (Å²) in [6, 6.07) is 0. The van der Waals surface area contributed by atoms with Crippen LogP contribution in [-0.4, -0.2) is 52.1 Å². The first kappa shape index (κ1) is 17.1. The SMILES string of the molecule is CO[C@@H]1[C@H](O[Si](C)(C)C(C)(C)C)[C@H](CO)OC[C@@H]1C. The number of aliphatic hydroxyl groups excluding tert-OH is 1. The number of hydrogen-bond donors (Lipinski definition) is 1. The minimum atomic E-state index is -1.91. The summed E-state index contributed by atoms with van der Waals surface area (Å²) >= 11 is 0. The van der Waals surface area contributed by atoms with Gasteiger partial charge >= 0.3 is 0 Å². The number of rotatable bonds is 4. The van der Waals surface area contributed by atoms with Crippen LogP contribution in [0.1, 0.15) is 27.7 Å². The van der Waals surface area contributed by atoms with Crippen molar-refractivity contribution in [1.29, 1.82) is 0 Å². The van der Waals surface area contributed by atoms with Crippen molar-refractivity contribution in [3.8, 4) is 0 Å². The van der Waals surface area contributed by atoms with Gasteiger partial charge in [0, 0.05) is 13.0 Å². The van der Waals surface area contributed by atoms with Crippen LogP contribution in [0.25, 0.3) is 0 Å². The van der Waals surface area contributed by atoms with Crippen LogP contribution in [0.15, 0.2) is 0 Å². The Morgan fingerprint density at radius 1 is 1.26 bits per heavy atom. The van der Waals surface area contributed by atoms with Crippen LogP contribution in [0.4, 0.5) is 0 Å². The molecular formula is C14H30O4Si. The highest BCUT2D eigenvalue weighted by atomic mass is 28.4. The van der Waals surface area contributed by atoms with Crippen LogP contribution < -0.4 is 0 Å². The summed E-state index contributed by atoms with van der Waals surface area (Å²) in [6.07, 6.45) is -0.477. The van der Waals surface area contributed by atoms with Crippen molar-refractivity contribution in [3.63, 3.8) is 0 Å². The zero-order valence-electron chi connectivity index (χ0n) is 13.4. The van der Waals surface area contributed by atoms with Crippen molar-refractivity contribution in [2.45, 2.75) is 64.1 Å². The van der Waals surface area contributed by atoms with E-state index in [0.717, 1.165) is 0 Å². The maximum atomic E-state index is 9.52. The maximum absolute atomic E-state index is 9.52. The predicted molar refractivity (Wildman–Crippen MR) is 78.9 cm³/mol. The lowest BCUT2D eigenvalue weighted by molar-refractivity contribution is -0.174. The average Bonchev–Trinajstić information content (AvgIpc) is 2.28. The van der Waals surface area contributed by atoms with E-state index in [1.54, 1.807) is 7.11 Å². The summed E-state index contributed by atoms with van der Waals surface area (Å²) in [5.41, 5.74) is 0. The molecule has 1 rings (SSSR count). The van der Waals surface area contributed by atoms with Gasteiger partial charge in [0.25, 0.3) is 0 Å². The van der Waals surface area contributed by atoms with Crippen molar-refractivity contribution in [2.75, 3.05) is 20.3 Å². The molecule has 1 saturated heterocycles. The minimum Gasteiger partial charge on any atom is -0.409 e. The van der Waals surface area contributed by atoms with Gasteiger partial charge in [0.2, 0.25) is 0 Å². The fraction of sp³-hybridized carbons (Fsp3) is 1.00. The van der Waals surface area contributed by atoms with Gasteiger partial charge in [-0.2, -0.15) is 0 Å². The molecule has 0 saturated carbocycles.